The fraction of sp³-hybridized carbons (Fsp3) is 0.727. The van der Waals surface area contributed by atoms with Crippen LogP contribution in [0, 0.1) is 5.92 Å². The predicted octanol–water partition coefficient (Wildman–Crippen LogP) is 1.74. The molecular weight excluding hydrogens is 270 g/mol. The summed E-state index contributed by atoms with van der Waals surface area (Å²) in [7, 11) is -3.48. The van der Waals surface area contributed by atoms with Crippen LogP contribution < -0.4 is 4.72 Å². The highest BCUT2D eigenvalue weighted by atomic mass is 32.2. The molecule has 104 valence electrons. The normalized spacial score (nSPS) is 14.1. The van der Waals surface area contributed by atoms with Crippen molar-refractivity contribution in [3.8, 4) is 0 Å². The van der Waals surface area contributed by atoms with E-state index in [0.717, 1.165) is 5.75 Å². The second kappa shape index (κ2) is 6.58. The molecule has 1 heterocycles. The Labute approximate surface area is 113 Å². The summed E-state index contributed by atoms with van der Waals surface area (Å²) >= 11 is 1.71. The first-order chi connectivity index (χ1) is 8.36. The lowest BCUT2D eigenvalue weighted by Gasteiger charge is -2.10. The molecule has 0 spiro atoms. The lowest BCUT2D eigenvalue weighted by Crippen LogP contribution is -2.29. The number of imidazole rings is 1. The van der Waals surface area contributed by atoms with Crippen LogP contribution in [0.4, 0.5) is 0 Å². The number of hydrogen-bond acceptors (Lipinski definition) is 4. The van der Waals surface area contributed by atoms with E-state index in [4.69, 9.17) is 0 Å². The molecule has 0 aliphatic rings. The van der Waals surface area contributed by atoms with Gasteiger partial charge in [-0.2, -0.15) is 11.8 Å². The van der Waals surface area contributed by atoms with Gasteiger partial charge in [-0.05, 0) is 31.8 Å². The van der Waals surface area contributed by atoms with E-state index < -0.39 is 10.0 Å². The van der Waals surface area contributed by atoms with Gasteiger partial charge in [0, 0.05) is 18.8 Å². The monoisotopic (exact) mass is 291 g/mol. The maximum atomic E-state index is 12.0. The highest BCUT2D eigenvalue weighted by Crippen LogP contribution is 2.11. The van der Waals surface area contributed by atoms with E-state index in [1.54, 1.807) is 28.9 Å². The standard InChI is InChI=1S/C11H21N3O2S2/c1-9(2)14-6-11(12-8-14)18(15,16)13-5-10(3)7-17-4/h6,8-10,13H,5,7H2,1-4H3/t10-/m0/s1. The number of thioether (sulfide) groups is 1. The second-order valence-electron chi connectivity index (χ2n) is 4.67. The maximum Gasteiger partial charge on any atom is 0.259 e. The third-order valence-electron chi connectivity index (χ3n) is 2.52. The Morgan fingerprint density at radius 3 is 2.61 bits per heavy atom. The minimum Gasteiger partial charge on any atom is -0.334 e. The molecule has 0 unspecified atom stereocenters. The van der Waals surface area contributed by atoms with Crippen LogP contribution in [0.15, 0.2) is 17.6 Å². The fourth-order valence-corrected chi connectivity index (χ4v) is 3.19. The third-order valence-corrected chi connectivity index (χ3v) is 4.73. The molecule has 1 N–H and O–H groups in total. The molecule has 18 heavy (non-hydrogen) atoms. The summed E-state index contributed by atoms with van der Waals surface area (Å²) < 4.78 is 28.3. The van der Waals surface area contributed by atoms with Crippen LogP contribution >= 0.6 is 11.8 Å². The minimum absolute atomic E-state index is 0.0903. The highest BCUT2D eigenvalue weighted by Gasteiger charge is 2.18. The van der Waals surface area contributed by atoms with Crippen molar-refractivity contribution in [2.24, 2.45) is 5.92 Å². The first kappa shape index (κ1) is 15.5. The van der Waals surface area contributed by atoms with Crippen molar-refractivity contribution in [2.45, 2.75) is 31.8 Å². The smallest absolute Gasteiger partial charge is 0.259 e. The molecule has 1 atom stereocenters. The molecule has 0 saturated carbocycles. The van der Waals surface area contributed by atoms with E-state index in [1.165, 1.54) is 0 Å². The summed E-state index contributed by atoms with van der Waals surface area (Å²) in [6.45, 7) is 6.42. The van der Waals surface area contributed by atoms with Gasteiger partial charge < -0.3 is 4.57 Å². The number of rotatable bonds is 7. The highest BCUT2D eigenvalue weighted by molar-refractivity contribution is 7.98. The van der Waals surface area contributed by atoms with Crippen LogP contribution in [-0.2, 0) is 10.0 Å². The van der Waals surface area contributed by atoms with Crippen molar-refractivity contribution in [2.75, 3.05) is 18.6 Å². The van der Waals surface area contributed by atoms with Crippen LogP contribution in [0.3, 0.4) is 0 Å². The molecule has 0 aliphatic heterocycles. The Morgan fingerprint density at radius 1 is 1.44 bits per heavy atom. The van der Waals surface area contributed by atoms with E-state index in [-0.39, 0.29) is 11.1 Å². The molecule has 0 radical (unpaired) electrons. The summed E-state index contributed by atoms with van der Waals surface area (Å²) in [5, 5.41) is 0.0903. The molecular formula is C11H21N3O2S2. The fourth-order valence-electron chi connectivity index (χ4n) is 1.41. The van der Waals surface area contributed by atoms with Gasteiger partial charge in [0.15, 0.2) is 5.03 Å². The van der Waals surface area contributed by atoms with Gasteiger partial charge in [-0.1, -0.05) is 6.92 Å². The molecule has 1 aromatic rings. The van der Waals surface area contributed by atoms with Gasteiger partial charge in [-0.25, -0.2) is 18.1 Å². The van der Waals surface area contributed by atoms with Gasteiger partial charge in [0.25, 0.3) is 10.0 Å². The minimum atomic E-state index is -3.48. The number of aromatic nitrogens is 2. The zero-order valence-electron chi connectivity index (χ0n) is 11.3. The molecule has 0 amide bonds. The summed E-state index contributed by atoms with van der Waals surface area (Å²) in [5.74, 6) is 1.24. The summed E-state index contributed by atoms with van der Waals surface area (Å²) in [6, 6.07) is 0.205. The predicted molar refractivity (Wildman–Crippen MR) is 75.3 cm³/mol. The quantitative estimate of drug-likeness (QED) is 0.831. The van der Waals surface area contributed by atoms with Crippen molar-refractivity contribution < 1.29 is 8.42 Å². The SMILES string of the molecule is CSC[C@@H](C)CNS(=O)(=O)c1cn(C(C)C)cn1. The Bertz CT molecular complexity index is 468. The van der Waals surface area contributed by atoms with Gasteiger partial charge in [-0.3, -0.25) is 0 Å². The van der Waals surface area contributed by atoms with Crippen molar-refractivity contribution in [1.82, 2.24) is 14.3 Å². The number of sulfonamides is 1. The molecule has 0 aromatic carbocycles. The summed E-state index contributed by atoms with van der Waals surface area (Å²) in [5.41, 5.74) is 0. The number of nitrogens with zero attached hydrogens (tertiary/aromatic N) is 2. The van der Waals surface area contributed by atoms with Gasteiger partial charge in [-0.15, -0.1) is 0 Å². The van der Waals surface area contributed by atoms with Gasteiger partial charge >= 0.3 is 0 Å². The van der Waals surface area contributed by atoms with Crippen LogP contribution in [0.5, 0.6) is 0 Å². The average Bonchev–Trinajstić information content (AvgIpc) is 2.77. The number of hydrogen-bond donors (Lipinski definition) is 1. The zero-order valence-corrected chi connectivity index (χ0v) is 12.9. The van der Waals surface area contributed by atoms with Gasteiger partial charge in [0.1, 0.15) is 0 Å². The van der Waals surface area contributed by atoms with E-state index in [1.807, 2.05) is 27.0 Å². The van der Waals surface area contributed by atoms with E-state index >= 15 is 0 Å². The molecule has 7 heteroatoms. The van der Waals surface area contributed by atoms with Crippen LogP contribution in [-0.4, -0.2) is 36.5 Å². The maximum absolute atomic E-state index is 12.0. The topological polar surface area (TPSA) is 64.0 Å². The zero-order chi connectivity index (χ0) is 13.8. The molecule has 0 fully saturated rings. The summed E-state index contributed by atoms with van der Waals surface area (Å²) in [6.07, 6.45) is 5.12. The van der Waals surface area contributed by atoms with Crippen molar-refractivity contribution in [1.29, 1.82) is 0 Å². The van der Waals surface area contributed by atoms with Crippen molar-refractivity contribution >= 4 is 21.8 Å². The first-order valence-electron chi connectivity index (χ1n) is 5.89. The van der Waals surface area contributed by atoms with Crippen LogP contribution in [0.25, 0.3) is 0 Å². The molecule has 1 rings (SSSR count). The molecule has 0 aliphatic carbocycles. The van der Waals surface area contributed by atoms with E-state index in [0.29, 0.717) is 12.5 Å². The molecule has 0 saturated heterocycles. The lowest BCUT2D eigenvalue weighted by molar-refractivity contribution is 0.559. The Balaban J connectivity index is 2.68. The summed E-state index contributed by atoms with van der Waals surface area (Å²) in [4.78, 5) is 3.94. The Hall–Kier alpha value is -0.530. The van der Waals surface area contributed by atoms with Crippen LogP contribution in [0.2, 0.25) is 0 Å². The average molecular weight is 291 g/mol. The van der Waals surface area contributed by atoms with Gasteiger partial charge in [0.2, 0.25) is 0 Å². The largest absolute Gasteiger partial charge is 0.334 e. The Kier molecular flexibility index (Phi) is 5.68. The molecule has 0 bridgehead atoms. The van der Waals surface area contributed by atoms with E-state index in [9.17, 15) is 8.42 Å². The van der Waals surface area contributed by atoms with Crippen molar-refractivity contribution in [3.05, 3.63) is 12.5 Å². The lowest BCUT2D eigenvalue weighted by atomic mass is 10.2. The Morgan fingerprint density at radius 2 is 2.11 bits per heavy atom. The number of nitrogens with one attached hydrogen (secondary N) is 1. The van der Waals surface area contributed by atoms with Crippen LogP contribution in [0.1, 0.15) is 26.8 Å². The second-order valence-corrected chi connectivity index (χ2v) is 7.29. The van der Waals surface area contributed by atoms with E-state index in [2.05, 4.69) is 9.71 Å². The first-order valence-corrected chi connectivity index (χ1v) is 8.76. The van der Waals surface area contributed by atoms with Gasteiger partial charge in [0.05, 0.1) is 6.33 Å². The third kappa shape index (κ3) is 4.29. The van der Waals surface area contributed by atoms with Crippen molar-refractivity contribution in [3.63, 3.8) is 0 Å². The molecule has 5 nitrogen and oxygen atoms in total. The molecule has 1 aromatic heterocycles.